The minimum Gasteiger partial charge on any atom is -0.496 e. The van der Waals surface area contributed by atoms with Crippen molar-refractivity contribution in [3.63, 3.8) is 0 Å². The summed E-state index contributed by atoms with van der Waals surface area (Å²) in [5, 5.41) is 0. The van der Waals surface area contributed by atoms with Gasteiger partial charge in [0.05, 0.1) is 7.11 Å². The van der Waals surface area contributed by atoms with Gasteiger partial charge in [-0.1, -0.05) is 6.07 Å². The second-order valence-corrected chi connectivity index (χ2v) is 4.29. The lowest BCUT2D eigenvalue weighted by molar-refractivity contribution is 0.282. The molecule has 0 saturated carbocycles. The number of hydrogen-bond acceptors (Lipinski definition) is 3. The monoisotopic (exact) mass is 261 g/mol. The van der Waals surface area contributed by atoms with Gasteiger partial charge in [0.25, 0.3) is 0 Å². The molecule has 0 aliphatic rings. The van der Waals surface area contributed by atoms with E-state index in [2.05, 4.69) is 0 Å². The van der Waals surface area contributed by atoms with Gasteiger partial charge in [0.1, 0.15) is 12.4 Å². The smallest absolute Gasteiger partial charge is 0.165 e. The molecule has 0 aliphatic carbocycles. The minimum atomic E-state index is -0.381. The summed E-state index contributed by atoms with van der Waals surface area (Å²) in [6.45, 7) is 2.09. The molecule has 2 N–H and O–H groups in total. The summed E-state index contributed by atoms with van der Waals surface area (Å²) >= 11 is 0. The molecule has 0 spiro atoms. The number of benzene rings is 2. The van der Waals surface area contributed by atoms with Crippen LogP contribution in [0.25, 0.3) is 0 Å². The van der Waals surface area contributed by atoms with Gasteiger partial charge in [0, 0.05) is 11.3 Å². The molecule has 0 heterocycles. The highest BCUT2D eigenvalue weighted by Crippen LogP contribution is 2.24. The first-order chi connectivity index (χ1) is 9.10. The molecule has 0 fully saturated rings. The van der Waals surface area contributed by atoms with E-state index >= 15 is 0 Å². The lowest BCUT2D eigenvalue weighted by Gasteiger charge is -2.12. The Hall–Kier alpha value is -2.23. The van der Waals surface area contributed by atoms with Crippen molar-refractivity contribution < 1.29 is 13.9 Å². The molecule has 0 aromatic heterocycles. The van der Waals surface area contributed by atoms with Gasteiger partial charge < -0.3 is 15.2 Å². The van der Waals surface area contributed by atoms with Crippen molar-refractivity contribution in [2.45, 2.75) is 13.5 Å². The first-order valence-electron chi connectivity index (χ1n) is 5.91. The Morgan fingerprint density at radius 3 is 2.63 bits per heavy atom. The maximum Gasteiger partial charge on any atom is 0.165 e. The van der Waals surface area contributed by atoms with Gasteiger partial charge >= 0.3 is 0 Å². The van der Waals surface area contributed by atoms with E-state index in [1.165, 1.54) is 6.07 Å². The Kier molecular flexibility index (Phi) is 3.90. The van der Waals surface area contributed by atoms with Gasteiger partial charge in [0.15, 0.2) is 11.6 Å². The van der Waals surface area contributed by atoms with Crippen LogP contribution in [-0.4, -0.2) is 7.11 Å². The van der Waals surface area contributed by atoms with Gasteiger partial charge in [-0.15, -0.1) is 0 Å². The fraction of sp³-hybridized carbons (Fsp3) is 0.200. The summed E-state index contributed by atoms with van der Waals surface area (Å²) in [5.41, 5.74) is 8.06. The third-order valence-electron chi connectivity index (χ3n) is 2.77. The number of hydrogen-bond donors (Lipinski definition) is 1. The first kappa shape index (κ1) is 13.2. The van der Waals surface area contributed by atoms with Crippen LogP contribution < -0.4 is 15.2 Å². The van der Waals surface area contributed by atoms with E-state index in [9.17, 15) is 4.39 Å². The number of methoxy groups -OCH3 is 1. The predicted octanol–water partition coefficient (Wildman–Crippen LogP) is 3.30. The van der Waals surface area contributed by atoms with Crippen molar-refractivity contribution >= 4 is 5.69 Å². The Morgan fingerprint density at radius 1 is 1.11 bits per heavy atom. The van der Waals surface area contributed by atoms with Crippen molar-refractivity contribution in [2.75, 3.05) is 12.8 Å². The molecular weight excluding hydrogens is 245 g/mol. The molecule has 3 nitrogen and oxygen atoms in total. The second-order valence-electron chi connectivity index (χ2n) is 4.29. The summed E-state index contributed by atoms with van der Waals surface area (Å²) in [5.74, 6) is 0.514. The van der Waals surface area contributed by atoms with Gasteiger partial charge in [-0.2, -0.15) is 0 Å². The fourth-order valence-corrected chi connectivity index (χ4v) is 1.79. The topological polar surface area (TPSA) is 44.5 Å². The van der Waals surface area contributed by atoms with Crippen LogP contribution in [0.15, 0.2) is 36.4 Å². The van der Waals surface area contributed by atoms with E-state index in [1.54, 1.807) is 37.4 Å². The van der Waals surface area contributed by atoms with Crippen molar-refractivity contribution in [1.29, 1.82) is 0 Å². The maximum absolute atomic E-state index is 13.6. The highest BCUT2D eigenvalue weighted by molar-refractivity contribution is 5.47. The molecule has 19 heavy (non-hydrogen) atoms. The molecule has 0 atom stereocenters. The van der Waals surface area contributed by atoms with Gasteiger partial charge in [-0.3, -0.25) is 0 Å². The van der Waals surface area contributed by atoms with Crippen LogP contribution in [0.2, 0.25) is 0 Å². The van der Waals surface area contributed by atoms with E-state index in [0.29, 0.717) is 11.4 Å². The molecule has 0 radical (unpaired) electrons. The summed E-state index contributed by atoms with van der Waals surface area (Å²) in [4.78, 5) is 0. The van der Waals surface area contributed by atoms with Gasteiger partial charge in [-0.05, 0) is 42.8 Å². The summed E-state index contributed by atoms with van der Waals surface area (Å²) in [6, 6.07) is 10.0. The molecule has 2 aromatic carbocycles. The van der Waals surface area contributed by atoms with Crippen LogP contribution >= 0.6 is 0 Å². The number of aryl methyl sites for hydroxylation is 1. The summed E-state index contributed by atoms with van der Waals surface area (Å²) in [6.07, 6.45) is 0. The van der Waals surface area contributed by atoms with Gasteiger partial charge in [0.2, 0.25) is 0 Å². The molecule has 0 unspecified atom stereocenters. The van der Waals surface area contributed by atoms with E-state index in [0.717, 1.165) is 11.1 Å². The van der Waals surface area contributed by atoms with Gasteiger partial charge in [-0.25, -0.2) is 4.39 Å². The zero-order chi connectivity index (χ0) is 13.8. The number of rotatable bonds is 4. The van der Waals surface area contributed by atoms with Crippen molar-refractivity contribution in [2.24, 2.45) is 0 Å². The maximum atomic E-state index is 13.6. The second kappa shape index (κ2) is 5.61. The number of anilines is 1. The average molecular weight is 261 g/mol. The molecule has 4 heteroatoms. The predicted molar refractivity (Wildman–Crippen MR) is 72.9 cm³/mol. The molecule has 0 bridgehead atoms. The largest absolute Gasteiger partial charge is 0.496 e. The summed E-state index contributed by atoms with van der Waals surface area (Å²) < 4.78 is 24.3. The number of nitrogens with two attached hydrogens (primary N) is 1. The number of nitrogen functional groups attached to an aromatic ring is 1. The van der Waals surface area contributed by atoms with Crippen LogP contribution in [-0.2, 0) is 6.61 Å². The van der Waals surface area contributed by atoms with Crippen LogP contribution in [0.1, 0.15) is 11.1 Å². The van der Waals surface area contributed by atoms with Crippen molar-refractivity contribution in [1.82, 2.24) is 0 Å². The fourth-order valence-electron chi connectivity index (χ4n) is 1.79. The van der Waals surface area contributed by atoms with Crippen LogP contribution in [0, 0.1) is 12.7 Å². The molecule has 0 amide bonds. The SMILES string of the molecule is COc1ccc(N)cc1COc1cc(C)ccc1F. The third kappa shape index (κ3) is 3.16. The Bertz CT molecular complexity index is 584. The highest BCUT2D eigenvalue weighted by atomic mass is 19.1. The summed E-state index contributed by atoms with van der Waals surface area (Å²) in [7, 11) is 1.57. The zero-order valence-corrected chi connectivity index (χ0v) is 10.9. The first-order valence-corrected chi connectivity index (χ1v) is 5.91. The lowest BCUT2D eigenvalue weighted by Crippen LogP contribution is -2.01. The Labute approximate surface area is 111 Å². The highest BCUT2D eigenvalue weighted by Gasteiger charge is 2.07. The molecule has 0 saturated heterocycles. The molecule has 2 aromatic rings. The van der Waals surface area contributed by atoms with Crippen LogP contribution in [0.3, 0.4) is 0 Å². The normalized spacial score (nSPS) is 10.3. The molecule has 0 aliphatic heterocycles. The number of ether oxygens (including phenoxy) is 2. The quantitative estimate of drug-likeness (QED) is 0.859. The lowest BCUT2D eigenvalue weighted by atomic mass is 10.2. The molecule has 100 valence electrons. The van der Waals surface area contributed by atoms with Crippen molar-refractivity contribution in [3.05, 3.63) is 53.3 Å². The minimum absolute atomic E-state index is 0.203. The van der Waals surface area contributed by atoms with E-state index in [-0.39, 0.29) is 18.2 Å². The standard InChI is InChI=1S/C15H16FNO2/c1-10-3-5-13(16)15(7-10)19-9-11-8-12(17)4-6-14(11)18-2/h3-8H,9,17H2,1-2H3. The average Bonchev–Trinajstić information content (AvgIpc) is 2.40. The number of halogens is 1. The molecule has 2 rings (SSSR count). The molecular formula is C15H16FNO2. The third-order valence-corrected chi connectivity index (χ3v) is 2.77. The van der Waals surface area contributed by atoms with E-state index in [1.807, 2.05) is 6.92 Å². The Balaban J connectivity index is 2.18. The van der Waals surface area contributed by atoms with Crippen molar-refractivity contribution in [3.8, 4) is 11.5 Å². The van der Waals surface area contributed by atoms with E-state index in [4.69, 9.17) is 15.2 Å². The Morgan fingerprint density at radius 2 is 1.89 bits per heavy atom. The zero-order valence-electron chi connectivity index (χ0n) is 10.9. The van der Waals surface area contributed by atoms with Crippen LogP contribution in [0.5, 0.6) is 11.5 Å². The van der Waals surface area contributed by atoms with Crippen LogP contribution in [0.4, 0.5) is 10.1 Å². The van der Waals surface area contributed by atoms with E-state index < -0.39 is 0 Å².